The number of rotatable bonds is 7. The van der Waals surface area contributed by atoms with E-state index in [1.807, 2.05) is 72.9 Å². The molecule has 0 radical (unpaired) electrons. The van der Waals surface area contributed by atoms with E-state index in [2.05, 4.69) is 10.1 Å². The lowest BCUT2D eigenvalue weighted by molar-refractivity contribution is 0.321. The first kappa shape index (κ1) is 24.4. The molecule has 3 heterocycles. The Bertz CT molecular complexity index is 1910. The molecule has 6 rings (SSSR count). The van der Waals surface area contributed by atoms with E-state index in [-0.39, 0.29) is 11.3 Å². The van der Waals surface area contributed by atoms with E-state index in [0.29, 0.717) is 38.7 Å². The third-order valence-corrected chi connectivity index (χ3v) is 6.94. The molecule has 0 bridgehead atoms. The van der Waals surface area contributed by atoms with Gasteiger partial charge in [0.05, 0.1) is 16.8 Å². The number of halogens is 1. The summed E-state index contributed by atoms with van der Waals surface area (Å²) < 4.78 is 23.6. The summed E-state index contributed by atoms with van der Waals surface area (Å²) in [4.78, 5) is 18.2. The lowest BCUT2D eigenvalue weighted by atomic mass is 10.1. The monoisotopic (exact) mass is 535 g/mol. The van der Waals surface area contributed by atoms with Crippen LogP contribution in [0.25, 0.3) is 40.1 Å². The van der Waals surface area contributed by atoms with Crippen molar-refractivity contribution in [3.63, 3.8) is 0 Å². The SMILES string of the molecule is CCOc1ccc(-c2nn(-c3ccccc3)cc2/C=c2\sc3nc(/C=C/c4ccccc4)nn3c2=O)cc1F. The lowest BCUT2D eigenvalue weighted by Gasteiger charge is -2.06. The smallest absolute Gasteiger partial charge is 0.291 e. The zero-order valence-corrected chi connectivity index (χ0v) is 21.7. The fourth-order valence-electron chi connectivity index (χ4n) is 4.15. The van der Waals surface area contributed by atoms with Gasteiger partial charge in [0, 0.05) is 17.3 Å². The molecular formula is C30H22FN5O2S. The minimum absolute atomic E-state index is 0.179. The fraction of sp³-hybridized carbons (Fsp3) is 0.0667. The van der Waals surface area contributed by atoms with E-state index in [9.17, 15) is 9.18 Å². The highest BCUT2D eigenvalue weighted by molar-refractivity contribution is 7.15. The molecule has 0 fully saturated rings. The molecule has 7 nitrogen and oxygen atoms in total. The number of hydrogen-bond donors (Lipinski definition) is 0. The summed E-state index contributed by atoms with van der Waals surface area (Å²) in [6, 6.07) is 24.1. The largest absolute Gasteiger partial charge is 0.491 e. The first-order chi connectivity index (χ1) is 19.1. The fourth-order valence-corrected chi connectivity index (χ4v) is 5.05. The van der Waals surface area contributed by atoms with Crippen LogP contribution in [0, 0.1) is 5.82 Å². The van der Waals surface area contributed by atoms with E-state index in [4.69, 9.17) is 9.84 Å². The molecule has 0 saturated heterocycles. The Morgan fingerprint density at radius 1 is 0.974 bits per heavy atom. The minimum atomic E-state index is -0.478. The van der Waals surface area contributed by atoms with E-state index in [1.165, 1.54) is 21.9 Å². The number of benzene rings is 3. The zero-order chi connectivity index (χ0) is 26.8. The average molecular weight is 536 g/mol. The molecule has 0 N–H and O–H groups in total. The molecule has 9 heteroatoms. The van der Waals surface area contributed by atoms with Crippen LogP contribution in [0.2, 0.25) is 0 Å². The number of nitrogens with zero attached hydrogens (tertiary/aromatic N) is 5. The molecule has 3 aromatic heterocycles. The van der Waals surface area contributed by atoms with Gasteiger partial charge in [0.1, 0.15) is 5.69 Å². The van der Waals surface area contributed by atoms with Crippen molar-refractivity contribution < 1.29 is 9.13 Å². The molecule has 0 aliphatic carbocycles. The second kappa shape index (κ2) is 10.5. The highest BCUT2D eigenvalue weighted by atomic mass is 32.1. The third kappa shape index (κ3) is 4.99. The van der Waals surface area contributed by atoms with Crippen LogP contribution >= 0.6 is 11.3 Å². The molecule has 6 aromatic rings. The molecule has 0 atom stereocenters. The second-order valence-electron chi connectivity index (χ2n) is 8.62. The van der Waals surface area contributed by atoms with Crippen molar-refractivity contribution in [3.05, 3.63) is 123 Å². The van der Waals surface area contributed by atoms with Gasteiger partial charge < -0.3 is 4.74 Å². The van der Waals surface area contributed by atoms with Gasteiger partial charge >= 0.3 is 0 Å². The maximum atomic E-state index is 14.7. The van der Waals surface area contributed by atoms with Crippen LogP contribution in [-0.2, 0) is 0 Å². The molecule has 192 valence electrons. The van der Waals surface area contributed by atoms with Crippen molar-refractivity contribution in [2.45, 2.75) is 6.92 Å². The summed E-state index contributed by atoms with van der Waals surface area (Å²) in [6.45, 7) is 2.17. The van der Waals surface area contributed by atoms with Crippen LogP contribution in [0.3, 0.4) is 0 Å². The summed E-state index contributed by atoms with van der Waals surface area (Å²) in [6.07, 6.45) is 7.25. The van der Waals surface area contributed by atoms with Gasteiger partial charge in [0.2, 0.25) is 4.96 Å². The first-order valence-electron chi connectivity index (χ1n) is 12.3. The zero-order valence-electron chi connectivity index (χ0n) is 20.9. The van der Waals surface area contributed by atoms with Gasteiger partial charge in [0.15, 0.2) is 17.4 Å². The number of fused-ring (bicyclic) bond motifs is 1. The predicted molar refractivity (Wildman–Crippen MR) is 151 cm³/mol. The number of hydrogen-bond acceptors (Lipinski definition) is 6. The Hall–Kier alpha value is -4.89. The van der Waals surface area contributed by atoms with E-state index in [1.54, 1.807) is 35.9 Å². The molecule has 0 aliphatic rings. The van der Waals surface area contributed by atoms with E-state index < -0.39 is 5.82 Å². The van der Waals surface area contributed by atoms with Gasteiger partial charge in [0.25, 0.3) is 5.56 Å². The van der Waals surface area contributed by atoms with Crippen LogP contribution in [-0.4, -0.2) is 31.0 Å². The molecule has 3 aromatic carbocycles. The Morgan fingerprint density at radius 2 is 1.74 bits per heavy atom. The van der Waals surface area contributed by atoms with Crippen LogP contribution in [0.4, 0.5) is 4.39 Å². The minimum Gasteiger partial charge on any atom is -0.491 e. The molecule has 0 unspecified atom stereocenters. The van der Waals surface area contributed by atoms with Crippen molar-refractivity contribution >= 4 is 34.5 Å². The predicted octanol–water partition coefficient (Wildman–Crippen LogP) is 5.26. The van der Waals surface area contributed by atoms with Crippen molar-refractivity contribution in [2.24, 2.45) is 0 Å². The summed E-state index contributed by atoms with van der Waals surface area (Å²) in [5.41, 5.74) is 3.33. The Balaban J connectivity index is 1.42. The average Bonchev–Trinajstić information content (AvgIpc) is 3.65. The second-order valence-corrected chi connectivity index (χ2v) is 9.62. The van der Waals surface area contributed by atoms with Crippen LogP contribution in [0.5, 0.6) is 5.75 Å². The van der Waals surface area contributed by atoms with Crippen molar-refractivity contribution in [1.29, 1.82) is 0 Å². The molecule has 0 amide bonds. The molecule has 0 aliphatic heterocycles. The van der Waals surface area contributed by atoms with Crippen LogP contribution in [0.1, 0.15) is 23.9 Å². The number of ether oxygens (including phenoxy) is 1. The quantitative estimate of drug-likeness (QED) is 0.279. The van der Waals surface area contributed by atoms with Gasteiger partial charge in [-0.1, -0.05) is 65.9 Å². The number of aromatic nitrogens is 5. The molecule has 39 heavy (non-hydrogen) atoms. The summed E-state index contributed by atoms with van der Waals surface area (Å²) in [5.74, 6) is 0.156. The Morgan fingerprint density at radius 3 is 2.46 bits per heavy atom. The Labute approximate surface area is 226 Å². The van der Waals surface area contributed by atoms with Gasteiger partial charge in [-0.15, -0.1) is 5.10 Å². The molecule has 0 saturated carbocycles. The van der Waals surface area contributed by atoms with Crippen molar-refractivity contribution in [1.82, 2.24) is 24.4 Å². The Kier molecular flexibility index (Phi) is 6.56. The summed E-state index contributed by atoms with van der Waals surface area (Å²) in [7, 11) is 0. The lowest BCUT2D eigenvalue weighted by Crippen LogP contribution is -2.23. The van der Waals surface area contributed by atoms with E-state index in [0.717, 1.165) is 11.3 Å². The first-order valence-corrected chi connectivity index (χ1v) is 13.1. The molecule has 0 spiro atoms. The van der Waals surface area contributed by atoms with Gasteiger partial charge in [-0.2, -0.15) is 14.6 Å². The maximum absolute atomic E-state index is 14.7. The summed E-state index contributed by atoms with van der Waals surface area (Å²) >= 11 is 1.24. The standard InChI is InChI=1S/C30H22FN5O2S/c1-2-38-25-15-14-21(17-24(25)31)28-22(19-35(34-28)23-11-7-4-8-12-23)18-26-29(37)36-30(39-26)32-27(33-36)16-13-20-9-5-3-6-10-20/h3-19H,2H2,1H3/b16-13+,26-18-. The van der Waals surface area contributed by atoms with Crippen molar-refractivity contribution in [2.75, 3.05) is 6.61 Å². The van der Waals surface area contributed by atoms with Gasteiger partial charge in [-0.25, -0.2) is 9.07 Å². The van der Waals surface area contributed by atoms with Crippen LogP contribution < -0.4 is 14.8 Å². The number of thiazole rings is 1. The van der Waals surface area contributed by atoms with Crippen LogP contribution in [0.15, 0.2) is 89.9 Å². The third-order valence-electron chi connectivity index (χ3n) is 5.98. The van der Waals surface area contributed by atoms with Gasteiger partial charge in [-0.05, 0) is 55.0 Å². The summed E-state index contributed by atoms with van der Waals surface area (Å²) in [5, 5.41) is 9.11. The number of para-hydroxylation sites is 1. The highest BCUT2D eigenvalue weighted by Crippen LogP contribution is 2.28. The highest BCUT2D eigenvalue weighted by Gasteiger charge is 2.15. The van der Waals surface area contributed by atoms with Crippen molar-refractivity contribution in [3.8, 4) is 22.7 Å². The normalized spacial score (nSPS) is 12.1. The van der Waals surface area contributed by atoms with E-state index >= 15 is 0 Å². The van der Waals surface area contributed by atoms with Gasteiger partial charge in [-0.3, -0.25) is 4.79 Å². The molecular weight excluding hydrogens is 513 g/mol. The topological polar surface area (TPSA) is 74.3 Å². The maximum Gasteiger partial charge on any atom is 0.291 e.